The average molecular weight is 524 g/mol. The number of ether oxygens (including phenoxy) is 1. The van der Waals surface area contributed by atoms with Crippen molar-refractivity contribution in [1.29, 1.82) is 0 Å². The van der Waals surface area contributed by atoms with E-state index < -0.39 is 0 Å². The van der Waals surface area contributed by atoms with E-state index in [9.17, 15) is 15.0 Å². The van der Waals surface area contributed by atoms with Gasteiger partial charge in [0.15, 0.2) is 5.89 Å². The number of rotatable bonds is 5. The molecule has 1 aromatic carbocycles. The van der Waals surface area contributed by atoms with Crippen LogP contribution in [-0.4, -0.2) is 34.5 Å². The van der Waals surface area contributed by atoms with E-state index in [2.05, 4.69) is 25.8 Å². The summed E-state index contributed by atoms with van der Waals surface area (Å²) in [5.41, 5.74) is 0.748. The molecule has 1 heterocycles. The number of aryl methyl sites for hydroxylation is 1. The lowest BCUT2D eigenvalue weighted by atomic mass is 9.43. The highest BCUT2D eigenvalue weighted by Crippen LogP contribution is 2.68. The molecule has 6 rings (SSSR count). The number of aliphatic hydroxyl groups excluding tert-OH is 2. The molecule has 0 spiro atoms. The van der Waals surface area contributed by atoms with E-state index in [1.807, 2.05) is 12.1 Å². The van der Waals surface area contributed by atoms with Crippen LogP contribution in [0.1, 0.15) is 84.4 Å². The van der Waals surface area contributed by atoms with Crippen LogP contribution in [0, 0.1) is 46.3 Å². The van der Waals surface area contributed by atoms with Crippen LogP contribution in [0.2, 0.25) is 0 Å². The molecule has 4 fully saturated rings. The van der Waals surface area contributed by atoms with Gasteiger partial charge in [0.25, 0.3) is 0 Å². The van der Waals surface area contributed by atoms with Crippen molar-refractivity contribution in [3.05, 3.63) is 34.5 Å². The van der Waals surface area contributed by atoms with Crippen LogP contribution in [0.5, 0.6) is 5.75 Å². The second kappa shape index (κ2) is 9.62. The third kappa shape index (κ3) is 4.04. The molecule has 4 saturated carbocycles. The summed E-state index contributed by atoms with van der Waals surface area (Å²) < 4.78 is 11.0. The van der Waals surface area contributed by atoms with Gasteiger partial charge in [0.05, 0.1) is 24.8 Å². The summed E-state index contributed by atoms with van der Waals surface area (Å²) in [6, 6.07) is 5.46. The van der Waals surface area contributed by atoms with Crippen LogP contribution in [-0.2, 0) is 6.42 Å². The molecule has 0 saturated heterocycles. The molecule has 208 valence electrons. The number of hydrogen-bond donors (Lipinski definition) is 2. The molecular formula is C32H45NO5. The topological polar surface area (TPSA) is 92.8 Å². The fourth-order valence-corrected chi connectivity index (χ4v) is 10.1. The predicted molar refractivity (Wildman–Crippen MR) is 147 cm³/mol. The van der Waals surface area contributed by atoms with Gasteiger partial charge in [-0.2, -0.15) is 0 Å². The average Bonchev–Trinajstić information content (AvgIpc) is 3.25. The molecule has 0 radical (unpaired) electrons. The Morgan fingerprint density at radius 1 is 1.08 bits per heavy atom. The Morgan fingerprint density at radius 2 is 1.84 bits per heavy atom. The van der Waals surface area contributed by atoms with Crippen molar-refractivity contribution in [2.75, 3.05) is 7.11 Å². The summed E-state index contributed by atoms with van der Waals surface area (Å²) in [4.78, 5) is 17.4. The van der Waals surface area contributed by atoms with Gasteiger partial charge in [0.1, 0.15) is 11.1 Å². The highest BCUT2D eigenvalue weighted by atomic mass is 16.5. The van der Waals surface area contributed by atoms with Crippen molar-refractivity contribution < 1.29 is 19.4 Å². The largest absolute Gasteiger partial charge is 0.496 e. The van der Waals surface area contributed by atoms with E-state index in [1.54, 1.807) is 13.2 Å². The van der Waals surface area contributed by atoms with Crippen molar-refractivity contribution in [3.8, 4) is 5.75 Å². The predicted octanol–water partition coefficient (Wildman–Crippen LogP) is 5.76. The van der Waals surface area contributed by atoms with Crippen molar-refractivity contribution >= 4 is 10.9 Å². The van der Waals surface area contributed by atoms with Gasteiger partial charge >= 0.3 is 5.63 Å². The molecule has 2 aromatic rings. The first-order valence-electron chi connectivity index (χ1n) is 15.0. The normalized spacial score (nSPS) is 41.3. The Hall–Kier alpha value is -1.92. The molecule has 2 N–H and O–H groups in total. The number of fused-ring (bicyclic) bond motifs is 6. The molecule has 38 heavy (non-hydrogen) atoms. The van der Waals surface area contributed by atoms with Crippen LogP contribution in [0.3, 0.4) is 0 Å². The van der Waals surface area contributed by atoms with Gasteiger partial charge in [0, 0.05) is 6.42 Å². The molecule has 0 amide bonds. The lowest BCUT2D eigenvalue weighted by molar-refractivity contribution is -0.174. The van der Waals surface area contributed by atoms with Gasteiger partial charge in [-0.25, -0.2) is 9.78 Å². The summed E-state index contributed by atoms with van der Waals surface area (Å²) >= 11 is 0. The van der Waals surface area contributed by atoms with Crippen LogP contribution in [0.4, 0.5) is 0 Å². The molecule has 4 aliphatic carbocycles. The number of nitrogens with zero attached hydrogens (tertiary/aromatic N) is 1. The molecule has 6 nitrogen and oxygen atoms in total. The lowest BCUT2D eigenvalue weighted by Crippen LogP contribution is -2.58. The molecule has 10 atom stereocenters. The van der Waals surface area contributed by atoms with Crippen LogP contribution >= 0.6 is 0 Å². The standard InChI is InChI=1S/C32H45NO5/c1-18(8-11-27-33-24-6-5-7-26(37-4)29(24)30(36)38-27)21-9-10-22-28-23(13-15-32(21,22)3)31(2)14-12-20(34)16-19(31)17-25(28)35/h5-7,18-23,25,28,34-35H,8-17H2,1-4H3/t18-,19+,20-,21-,22+,23?,25-,28+,31+,32-/m1/s1. The summed E-state index contributed by atoms with van der Waals surface area (Å²) in [5.74, 6) is 4.08. The summed E-state index contributed by atoms with van der Waals surface area (Å²) in [5, 5.41) is 22.2. The minimum atomic E-state index is -0.380. The molecule has 1 aromatic heterocycles. The number of aliphatic hydroxyl groups is 2. The summed E-state index contributed by atoms with van der Waals surface area (Å²) in [7, 11) is 1.55. The van der Waals surface area contributed by atoms with E-state index in [0.717, 1.165) is 32.1 Å². The number of hydrogen-bond acceptors (Lipinski definition) is 6. The van der Waals surface area contributed by atoms with E-state index in [4.69, 9.17) is 9.15 Å². The number of methoxy groups -OCH3 is 1. The molecule has 6 heteroatoms. The minimum absolute atomic E-state index is 0.189. The maximum absolute atomic E-state index is 12.7. The minimum Gasteiger partial charge on any atom is -0.496 e. The van der Waals surface area contributed by atoms with E-state index in [0.29, 0.717) is 64.5 Å². The van der Waals surface area contributed by atoms with E-state index >= 15 is 0 Å². The van der Waals surface area contributed by atoms with Gasteiger partial charge < -0.3 is 19.4 Å². The first kappa shape index (κ1) is 26.3. The lowest BCUT2D eigenvalue weighted by Gasteiger charge is -2.62. The second-order valence-corrected chi connectivity index (χ2v) is 13.7. The third-order valence-electron chi connectivity index (χ3n) is 12.1. The first-order chi connectivity index (χ1) is 18.2. The zero-order valence-corrected chi connectivity index (χ0v) is 23.5. The van der Waals surface area contributed by atoms with E-state index in [-0.39, 0.29) is 28.7 Å². The number of aromatic nitrogens is 1. The van der Waals surface area contributed by atoms with Gasteiger partial charge in [-0.3, -0.25) is 0 Å². The zero-order chi connectivity index (χ0) is 26.8. The third-order valence-corrected chi connectivity index (χ3v) is 12.1. The van der Waals surface area contributed by atoms with E-state index in [1.165, 1.54) is 25.7 Å². The maximum atomic E-state index is 12.7. The molecule has 1 unspecified atom stereocenters. The fourth-order valence-electron chi connectivity index (χ4n) is 10.1. The Labute approximate surface area is 226 Å². The summed E-state index contributed by atoms with van der Waals surface area (Å²) in [6.45, 7) is 7.35. The molecule has 0 aliphatic heterocycles. The quantitative estimate of drug-likeness (QED) is 0.518. The second-order valence-electron chi connectivity index (χ2n) is 13.7. The zero-order valence-electron chi connectivity index (χ0n) is 23.5. The van der Waals surface area contributed by atoms with Crippen LogP contribution < -0.4 is 10.4 Å². The van der Waals surface area contributed by atoms with Gasteiger partial charge in [0.2, 0.25) is 0 Å². The van der Waals surface area contributed by atoms with Gasteiger partial charge in [-0.1, -0.05) is 26.8 Å². The van der Waals surface area contributed by atoms with Crippen molar-refractivity contribution in [2.45, 2.75) is 97.2 Å². The first-order valence-corrected chi connectivity index (χ1v) is 15.0. The van der Waals surface area contributed by atoms with Crippen molar-refractivity contribution in [2.24, 2.45) is 46.3 Å². The molecule has 4 aliphatic rings. The highest BCUT2D eigenvalue weighted by molar-refractivity contribution is 5.83. The Kier molecular flexibility index (Phi) is 6.66. The SMILES string of the molecule is COc1cccc2nc(CC[C@@H](C)[C@H]3CC[C@H]4[C@H]5C(CC[C@]34C)[C@@]3(C)CC[C@@H](O)C[C@H]3C[C@H]5O)oc(=O)c12. The van der Waals surface area contributed by atoms with Gasteiger partial charge in [-0.15, -0.1) is 0 Å². The Balaban J connectivity index is 1.18. The van der Waals surface area contributed by atoms with Gasteiger partial charge in [-0.05, 0) is 116 Å². The maximum Gasteiger partial charge on any atom is 0.350 e. The van der Waals surface area contributed by atoms with Crippen molar-refractivity contribution in [1.82, 2.24) is 4.98 Å². The van der Waals surface area contributed by atoms with Crippen molar-refractivity contribution in [3.63, 3.8) is 0 Å². The Morgan fingerprint density at radius 3 is 2.63 bits per heavy atom. The molecule has 0 bridgehead atoms. The Bertz CT molecular complexity index is 1240. The monoisotopic (exact) mass is 523 g/mol. The van der Waals surface area contributed by atoms with Crippen LogP contribution in [0.25, 0.3) is 10.9 Å². The molecular weight excluding hydrogens is 478 g/mol. The smallest absolute Gasteiger partial charge is 0.350 e. The summed E-state index contributed by atoms with van der Waals surface area (Å²) in [6.07, 6.45) is 9.75. The van der Waals surface area contributed by atoms with Crippen LogP contribution in [0.15, 0.2) is 27.4 Å². The number of benzene rings is 1. The highest BCUT2D eigenvalue weighted by Gasteiger charge is 2.62. The fraction of sp³-hybridized carbons (Fsp3) is 0.750.